The van der Waals surface area contributed by atoms with Crippen LogP contribution in [0.2, 0.25) is 0 Å². The molecule has 0 bridgehead atoms. The van der Waals surface area contributed by atoms with Crippen LogP contribution in [0.15, 0.2) is 24.3 Å². The summed E-state index contributed by atoms with van der Waals surface area (Å²) < 4.78 is 5.33. The van der Waals surface area contributed by atoms with Gasteiger partial charge in [0.05, 0.1) is 13.0 Å². The molecule has 0 aliphatic rings. The van der Waals surface area contributed by atoms with Gasteiger partial charge in [0.25, 0.3) is 0 Å². The van der Waals surface area contributed by atoms with Gasteiger partial charge in [0.15, 0.2) is 0 Å². The number of benzene rings is 1. The summed E-state index contributed by atoms with van der Waals surface area (Å²) >= 11 is 0. The number of rotatable bonds is 7. The lowest BCUT2D eigenvalue weighted by Gasteiger charge is -2.21. The van der Waals surface area contributed by atoms with Gasteiger partial charge in [-0.05, 0) is 30.4 Å². The summed E-state index contributed by atoms with van der Waals surface area (Å²) in [6.45, 7) is 2.22. The minimum absolute atomic E-state index is 0.158. The molecule has 3 N–H and O–H groups in total. The zero-order valence-electron chi connectivity index (χ0n) is 10.9. The molecule has 1 rings (SSSR count). The van der Waals surface area contributed by atoms with E-state index in [-0.39, 0.29) is 12.5 Å². The zero-order chi connectivity index (χ0) is 13.5. The molecule has 0 spiro atoms. The summed E-state index contributed by atoms with van der Waals surface area (Å²) in [5.74, 6) is -0.359. The van der Waals surface area contributed by atoms with Gasteiger partial charge in [-0.25, -0.2) is 0 Å². The molecule has 0 amide bonds. The molecule has 2 atom stereocenters. The predicted molar refractivity (Wildman–Crippen MR) is 70.8 cm³/mol. The molecule has 0 heterocycles. The highest BCUT2D eigenvalue weighted by Crippen LogP contribution is 2.33. The van der Waals surface area contributed by atoms with Crippen molar-refractivity contribution in [1.29, 1.82) is 0 Å². The molecule has 1 aromatic rings. The Labute approximate surface area is 108 Å². The fraction of sp³-hybridized carbons (Fsp3) is 0.500. The van der Waals surface area contributed by atoms with Crippen molar-refractivity contribution in [1.82, 2.24) is 0 Å². The van der Waals surface area contributed by atoms with Crippen LogP contribution in [0.25, 0.3) is 0 Å². The van der Waals surface area contributed by atoms with E-state index < -0.39 is 11.9 Å². The number of methoxy groups -OCH3 is 1. The van der Waals surface area contributed by atoms with Crippen molar-refractivity contribution in [2.24, 2.45) is 11.7 Å². The van der Waals surface area contributed by atoms with Gasteiger partial charge in [0.2, 0.25) is 0 Å². The van der Waals surface area contributed by atoms with Gasteiger partial charge in [-0.3, -0.25) is 4.79 Å². The van der Waals surface area contributed by atoms with Gasteiger partial charge in [-0.1, -0.05) is 25.1 Å². The third kappa shape index (κ3) is 3.47. The zero-order valence-corrected chi connectivity index (χ0v) is 10.9. The lowest BCUT2D eigenvalue weighted by Crippen LogP contribution is -2.25. The summed E-state index contributed by atoms with van der Waals surface area (Å²) in [7, 11) is 1.63. The second-order valence-electron chi connectivity index (χ2n) is 4.35. The molecule has 0 radical (unpaired) electrons. The highest BCUT2D eigenvalue weighted by molar-refractivity contribution is 5.70. The number of nitrogens with two attached hydrogens (primary N) is 1. The number of para-hydroxylation sites is 1. The molecular weight excluding hydrogens is 230 g/mol. The van der Waals surface area contributed by atoms with E-state index in [0.717, 1.165) is 17.7 Å². The molecule has 0 aliphatic heterocycles. The van der Waals surface area contributed by atoms with Crippen molar-refractivity contribution in [3.63, 3.8) is 0 Å². The summed E-state index contributed by atoms with van der Waals surface area (Å²) in [4.78, 5) is 11.1. The minimum Gasteiger partial charge on any atom is -0.496 e. The second kappa shape index (κ2) is 7.01. The number of carboxylic acid groups (broad SMARTS) is 1. The smallest absolute Gasteiger partial charge is 0.307 e. The van der Waals surface area contributed by atoms with Crippen molar-refractivity contribution in [2.75, 3.05) is 13.7 Å². The van der Waals surface area contributed by atoms with Crippen LogP contribution in [0.4, 0.5) is 0 Å². The van der Waals surface area contributed by atoms with E-state index in [9.17, 15) is 4.79 Å². The first kappa shape index (κ1) is 14.5. The van der Waals surface area contributed by atoms with Gasteiger partial charge in [0, 0.05) is 6.54 Å². The molecule has 18 heavy (non-hydrogen) atoms. The summed E-state index contributed by atoms with van der Waals surface area (Å²) in [6.07, 6.45) is 1.41. The first-order valence-corrected chi connectivity index (χ1v) is 6.19. The highest BCUT2D eigenvalue weighted by Gasteiger charge is 2.23. The summed E-state index contributed by atoms with van der Waals surface area (Å²) in [6, 6.07) is 7.74. The molecule has 4 heteroatoms. The van der Waals surface area contributed by atoms with E-state index in [1.807, 2.05) is 31.2 Å². The maximum absolute atomic E-state index is 11.1. The topological polar surface area (TPSA) is 72.6 Å². The second-order valence-corrected chi connectivity index (χ2v) is 4.35. The molecule has 100 valence electrons. The van der Waals surface area contributed by atoms with Crippen LogP contribution in [0, 0.1) is 5.92 Å². The van der Waals surface area contributed by atoms with Crippen molar-refractivity contribution >= 4 is 5.97 Å². The summed E-state index contributed by atoms with van der Waals surface area (Å²) in [5, 5.41) is 9.08. The fourth-order valence-electron chi connectivity index (χ4n) is 2.16. The van der Waals surface area contributed by atoms with Gasteiger partial charge >= 0.3 is 5.97 Å². The normalized spacial score (nSPS) is 13.9. The van der Waals surface area contributed by atoms with E-state index in [2.05, 4.69) is 0 Å². The van der Waals surface area contributed by atoms with Gasteiger partial charge in [0.1, 0.15) is 5.75 Å². The van der Waals surface area contributed by atoms with E-state index in [1.54, 1.807) is 7.11 Å². The van der Waals surface area contributed by atoms with Crippen molar-refractivity contribution < 1.29 is 14.6 Å². The van der Waals surface area contributed by atoms with Crippen LogP contribution in [0.1, 0.15) is 31.2 Å². The Kier molecular flexibility index (Phi) is 5.65. The lowest BCUT2D eigenvalue weighted by molar-refractivity contribution is -0.141. The Morgan fingerprint density at radius 3 is 2.61 bits per heavy atom. The number of aliphatic carboxylic acids is 1. The quantitative estimate of drug-likeness (QED) is 0.779. The highest BCUT2D eigenvalue weighted by atomic mass is 16.5. The molecule has 1 aromatic carbocycles. The first-order chi connectivity index (χ1) is 8.63. The average molecular weight is 251 g/mol. The molecule has 0 aromatic heterocycles. The van der Waals surface area contributed by atoms with E-state index in [1.165, 1.54) is 0 Å². The van der Waals surface area contributed by atoms with Gasteiger partial charge in [-0.2, -0.15) is 0 Å². The monoisotopic (exact) mass is 251 g/mol. The fourth-order valence-corrected chi connectivity index (χ4v) is 2.16. The van der Waals surface area contributed by atoms with Crippen molar-refractivity contribution in [2.45, 2.75) is 25.7 Å². The number of ether oxygens (including phenoxy) is 1. The maximum Gasteiger partial charge on any atom is 0.307 e. The van der Waals surface area contributed by atoms with Gasteiger partial charge < -0.3 is 15.6 Å². The van der Waals surface area contributed by atoms with Crippen LogP contribution in [0.5, 0.6) is 5.75 Å². The number of carbonyl (C=O) groups is 1. The van der Waals surface area contributed by atoms with Crippen LogP contribution in [0.3, 0.4) is 0 Å². The van der Waals surface area contributed by atoms with Crippen LogP contribution in [-0.4, -0.2) is 24.7 Å². The standard InChI is InChI=1S/C14H21NO3/c1-3-10(8-11(9-15)14(16)17)12-6-4-5-7-13(12)18-2/h4-7,10-11H,3,8-9,15H2,1-2H3,(H,16,17). The van der Waals surface area contributed by atoms with Crippen LogP contribution < -0.4 is 10.5 Å². The largest absolute Gasteiger partial charge is 0.496 e. The third-order valence-electron chi connectivity index (χ3n) is 3.27. The van der Waals surface area contributed by atoms with Crippen molar-refractivity contribution in [3.05, 3.63) is 29.8 Å². The van der Waals surface area contributed by atoms with Crippen LogP contribution in [-0.2, 0) is 4.79 Å². The molecular formula is C14H21NO3. The number of hydrogen-bond acceptors (Lipinski definition) is 3. The Hall–Kier alpha value is -1.55. The molecule has 4 nitrogen and oxygen atoms in total. The van der Waals surface area contributed by atoms with Crippen molar-refractivity contribution in [3.8, 4) is 5.75 Å². The Morgan fingerprint density at radius 1 is 1.44 bits per heavy atom. The first-order valence-electron chi connectivity index (χ1n) is 6.19. The minimum atomic E-state index is -0.828. The van der Waals surface area contributed by atoms with E-state index in [0.29, 0.717) is 6.42 Å². The van der Waals surface area contributed by atoms with Crippen LogP contribution >= 0.6 is 0 Å². The molecule has 0 fully saturated rings. The van der Waals surface area contributed by atoms with E-state index in [4.69, 9.17) is 15.6 Å². The molecule has 0 saturated carbocycles. The third-order valence-corrected chi connectivity index (χ3v) is 3.27. The Bertz CT molecular complexity index is 392. The number of carboxylic acids is 1. The van der Waals surface area contributed by atoms with Gasteiger partial charge in [-0.15, -0.1) is 0 Å². The predicted octanol–water partition coefficient (Wildman–Crippen LogP) is 2.24. The summed E-state index contributed by atoms with van der Waals surface area (Å²) in [5.41, 5.74) is 6.57. The lowest BCUT2D eigenvalue weighted by atomic mass is 9.86. The Morgan fingerprint density at radius 2 is 2.11 bits per heavy atom. The SMILES string of the molecule is CCC(CC(CN)C(=O)O)c1ccccc1OC. The van der Waals surface area contributed by atoms with E-state index >= 15 is 0 Å². The molecule has 2 unspecified atom stereocenters. The average Bonchev–Trinajstić information content (AvgIpc) is 2.40. The molecule has 0 aliphatic carbocycles. The Balaban J connectivity index is 2.92. The maximum atomic E-state index is 11.1. The molecule has 0 saturated heterocycles. The number of hydrogen-bond donors (Lipinski definition) is 2.